The summed E-state index contributed by atoms with van der Waals surface area (Å²) < 4.78 is 1.50. The van der Waals surface area contributed by atoms with Crippen LogP contribution in [-0.4, -0.2) is 46.4 Å². The summed E-state index contributed by atoms with van der Waals surface area (Å²) in [6.07, 6.45) is 1.41. The first-order valence-corrected chi connectivity index (χ1v) is 9.97. The summed E-state index contributed by atoms with van der Waals surface area (Å²) in [7, 11) is 0. The fourth-order valence-corrected chi connectivity index (χ4v) is 4.41. The van der Waals surface area contributed by atoms with Gasteiger partial charge in [0.15, 0.2) is 4.96 Å². The number of aryl methyl sites for hydroxylation is 2. The van der Waals surface area contributed by atoms with Gasteiger partial charge in [-0.1, -0.05) is 17.7 Å². The number of carbonyl (C=O) groups is 1. The number of thiazole rings is 1. The zero-order valence-electron chi connectivity index (χ0n) is 15.1. The third kappa shape index (κ3) is 3.21. The molecule has 1 aliphatic rings. The Hall–Kier alpha value is -2.38. The lowest BCUT2D eigenvalue weighted by Gasteiger charge is -2.36. The van der Waals surface area contributed by atoms with E-state index >= 15 is 0 Å². The number of benzene rings is 1. The SMILES string of the molecule is Cc1ccc(Cl)cc1N1CCN(C(=O)c2cnc3scc(C)n3c2=O)CC1. The van der Waals surface area contributed by atoms with Gasteiger partial charge in [-0.25, -0.2) is 4.98 Å². The summed E-state index contributed by atoms with van der Waals surface area (Å²) in [6, 6.07) is 5.83. The molecule has 1 aromatic carbocycles. The Morgan fingerprint density at radius 3 is 2.67 bits per heavy atom. The summed E-state index contributed by atoms with van der Waals surface area (Å²) in [4.78, 5) is 34.4. The lowest BCUT2D eigenvalue weighted by Crippen LogP contribution is -2.50. The van der Waals surface area contributed by atoms with Crippen molar-refractivity contribution in [3.05, 3.63) is 62.0 Å². The Bertz CT molecular complexity index is 1080. The number of anilines is 1. The highest BCUT2D eigenvalue weighted by Crippen LogP contribution is 2.25. The highest BCUT2D eigenvalue weighted by molar-refractivity contribution is 7.15. The smallest absolute Gasteiger partial charge is 0.271 e. The maximum absolute atomic E-state index is 12.9. The third-order valence-electron chi connectivity index (χ3n) is 4.93. The normalized spacial score (nSPS) is 14.8. The molecular formula is C19H19ClN4O2S. The number of halogens is 1. The minimum Gasteiger partial charge on any atom is -0.368 e. The number of nitrogens with zero attached hydrogens (tertiary/aromatic N) is 4. The van der Waals surface area contributed by atoms with E-state index in [0.717, 1.165) is 16.9 Å². The zero-order valence-corrected chi connectivity index (χ0v) is 16.7. The predicted octanol–water partition coefficient (Wildman–Crippen LogP) is 2.99. The van der Waals surface area contributed by atoms with Gasteiger partial charge in [0.2, 0.25) is 0 Å². The van der Waals surface area contributed by atoms with Crippen LogP contribution in [0.2, 0.25) is 5.02 Å². The van der Waals surface area contributed by atoms with E-state index in [-0.39, 0.29) is 17.0 Å². The van der Waals surface area contributed by atoms with E-state index in [0.29, 0.717) is 36.2 Å². The van der Waals surface area contributed by atoms with Crippen molar-refractivity contribution in [2.75, 3.05) is 31.1 Å². The first-order valence-electron chi connectivity index (χ1n) is 8.72. The van der Waals surface area contributed by atoms with Crippen LogP contribution >= 0.6 is 22.9 Å². The Morgan fingerprint density at radius 2 is 1.93 bits per heavy atom. The van der Waals surface area contributed by atoms with Crippen LogP contribution in [0.25, 0.3) is 4.96 Å². The van der Waals surface area contributed by atoms with Crippen LogP contribution in [0.5, 0.6) is 0 Å². The first kappa shape index (κ1) is 18.0. The van der Waals surface area contributed by atoms with Gasteiger partial charge in [0.05, 0.1) is 0 Å². The van der Waals surface area contributed by atoms with E-state index in [1.165, 1.54) is 21.9 Å². The second-order valence-corrected chi connectivity index (χ2v) is 7.96. The molecule has 0 atom stereocenters. The van der Waals surface area contributed by atoms with Crippen molar-refractivity contribution in [2.24, 2.45) is 0 Å². The minimum absolute atomic E-state index is 0.126. The lowest BCUT2D eigenvalue weighted by atomic mass is 10.1. The van der Waals surface area contributed by atoms with E-state index in [2.05, 4.69) is 9.88 Å². The van der Waals surface area contributed by atoms with E-state index in [1.807, 2.05) is 37.4 Å². The number of aromatic nitrogens is 2. The predicted molar refractivity (Wildman–Crippen MR) is 108 cm³/mol. The molecule has 2 aromatic heterocycles. The van der Waals surface area contributed by atoms with Crippen molar-refractivity contribution >= 4 is 39.5 Å². The average Bonchev–Trinajstić information content (AvgIpc) is 3.05. The maximum atomic E-state index is 12.9. The van der Waals surface area contributed by atoms with Crippen LogP contribution in [0.3, 0.4) is 0 Å². The fourth-order valence-electron chi connectivity index (χ4n) is 3.42. The van der Waals surface area contributed by atoms with Gasteiger partial charge in [0.1, 0.15) is 5.56 Å². The van der Waals surface area contributed by atoms with Gasteiger partial charge in [-0.05, 0) is 31.5 Å². The molecule has 4 rings (SSSR count). The highest BCUT2D eigenvalue weighted by atomic mass is 35.5. The van der Waals surface area contributed by atoms with Gasteiger partial charge in [-0.2, -0.15) is 0 Å². The molecule has 8 heteroatoms. The molecule has 27 heavy (non-hydrogen) atoms. The summed E-state index contributed by atoms with van der Waals surface area (Å²) in [5, 5.41) is 2.57. The molecule has 0 spiro atoms. The van der Waals surface area contributed by atoms with Gasteiger partial charge >= 0.3 is 0 Å². The topological polar surface area (TPSA) is 57.9 Å². The lowest BCUT2D eigenvalue weighted by molar-refractivity contribution is 0.0744. The molecule has 140 valence electrons. The zero-order chi connectivity index (χ0) is 19.1. The van der Waals surface area contributed by atoms with Crippen molar-refractivity contribution in [1.29, 1.82) is 0 Å². The molecule has 3 aromatic rings. The quantitative estimate of drug-likeness (QED) is 0.661. The van der Waals surface area contributed by atoms with Crippen LogP contribution < -0.4 is 10.5 Å². The molecule has 0 saturated carbocycles. The number of hydrogen-bond donors (Lipinski definition) is 0. The number of piperazine rings is 1. The molecule has 6 nitrogen and oxygen atoms in total. The summed E-state index contributed by atoms with van der Waals surface area (Å²) >= 11 is 7.52. The van der Waals surface area contributed by atoms with Gasteiger partial charge < -0.3 is 9.80 Å². The summed E-state index contributed by atoms with van der Waals surface area (Å²) in [5.74, 6) is -0.255. The van der Waals surface area contributed by atoms with Crippen molar-refractivity contribution in [1.82, 2.24) is 14.3 Å². The summed E-state index contributed by atoms with van der Waals surface area (Å²) in [5.41, 5.74) is 2.87. The first-order chi connectivity index (χ1) is 13.0. The Balaban J connectivity index is 1.54. The van der Waals surface area contributed by atoms with Crippen molar-refractivity contribution in [3.63, 3.8) is 0 Å². The van der Waals surface area contributed by atoms with Crippen LogP contribution in [0.1, 0.15) is 21.6 Å². The monoisotopic (exact) mass is 402 g/mol. The van der Waals surface area contributed by atoms with E-state index in [9.17, 15) is 9.59 Å². The van der Waals surface area contributed by atoms with Gasteiger partial charge in [0, 0.05) is 54.2 Å². The van der Waals surface area contributed by atoms with Crippen LogP contribution in [0.4, 0.5) is 5.69 Å². The summed E-state index contributed by atoms with van der Waals surface area (Å²) in [6.45, 7) is 6.38. The van der Waals surface area contributed by atoms with Crippen LogP contribution in [-0.2, 0) is 0 Å². The Kier molecular flexibility index (Phi) is 4.65. The van der Waals surface area contributed by atoms with Gasteiger partial charge in [0.25, 0.3) is 11.5 Å². The number of fused-ring (bicyclic) bond motifs is 1. The minimum atomic E-state index is -0.295. The third-order valence-corrected chi connectivity index (χ3v) is 6.12. The van der Waals surface area contributed by atoms with Crippen molar-refractivity contribution < 1.29 is 4.79 Å². The number of carbonyl (C=O) groups excluding carboxylic acids is 1. The van der Waals surface area contributed by atoms with Gasteiger partial charge in [-0.3, -0.25) is 14.0 Å². The Labute approximate surface area is 165 Å². The molecule has 3 heterocycles. The maximum Gasteiger partial charge on any atom is 0.271 e. The second kappa shape index (κ2) is 6.98. The van der Waals surface area contributed by atoms with Gasteiger partial charge in [-0.15, -0.1) is 11.3 Å². The van der Waals surface area contributed by atoms with Crippen LogP contribution in [0, 0.1) is 13.8 Å². The molecule has 1 amide bonds. The number of hydrogen-bond acceptors (Lipinski definition) is 5. The highest BCUT2D eigenvalue weighted by Gasteiger charge is 2.26. The van der Waals surface area contributed by atoms with Crippen LogP contribution in [0.15, 0.2) is 34.6 Å². The molecule has 1 saturated heterocycles. The van der Waals surface area contributed by atoms with Crippen molar-refractivity contribution in [2.45, 2.75) is 13.8 Å². The van der Waals surface area contributed by atoms with E-state index < -0.39 is 0 Å². The second-order valence-electron chi connectivity index (χ2n) is 6.68. The average molecular weight is 403 g/mol. The van der Waals surface area contributed by atoms with E-state index in [4.69, 9.17) is 11.6 Å². The van der Waals surface area contributed by atoms with E-state index in [1.54, 1.807) is 4.90 Å². The molecular weight excluding hydrogens is 384 g/mol. The van der Waals surface area contributed by atoms with Crippen molar-refractivity contribution in [3.8, 4) is 0 Å². The molecule has 0 aliphatic carbocycles. The molecule has 0 radical (unpaired) electrons. The number of rotatable bonds is 2. The fraction of sp³-hybridized carbons (Fsp3) is 0.316. The molecule has 0 unspecified atom stereocenters. The molecule has 1 fully saturated rings. The molecule has 0 N–H and O–H groups in total. The number of amides is 1. The standard InChI is InChI=1S/C19H19ClN4O2S/c1-12-3-4-14(20)9-16(12)22-5-7-23(8-6-22)17(25)15-10-21-19-24(18(15)26)13(2)11-27-19/h3-4,9-11H,5-8H2,1-2H3. The Morgan fingerprint density at radius 1 is 1.19 bits per heavy atom. The molecule has 1 aliphatic heterocycles. The molecule has 0 bridgehead atoms. The largest absolute Gasteiger partial charge is 0.368 e.